The van der Waals surface area contributed by atoms with E-state index in [1.165, 1.54) is 0 Å². The molecular weight excluding hydrogens is 489 g/mol. The van der Waals surface area contributed by atoms with Crippen LogP contribution in [-0.2, 0) is 14.5 Å². The topological polar surface area (TPSA) is 124 Å². The summed E-state index contributed by atoms with van der Waals surface area (Å²) < 4.78 is 0. The molecule has 0 fully saturated rings. The number of hydrogen-bond donors (Lipinski definition) is 4. The van der Waals surface area contributed by atoms with Crippen molar-refractivity contribution >= 4 is 74.4 Å². The highest BCUT2D eigenvalue weighted by atomic mass is 35.5. The van der Waals surface area contributed by atoms with E-state index in [1.54, 1.807) is 0 Å². The molecule has 180 valence electrons. The number of hydrogen-bond acceptors (Lipinski definition) is 9. The van der Waals surface area contributed by atoms with E-state index in [1.807, 2.05) is 40.1 Å². The monoisotopic (exact) mass is 528 g/mol. The van der Waals surface area contributed by atoms with Gasteiger partial charge in [0.05, 0.1) is 19.8 Å². The Kier molecular flexibility index (Phi) is 118. The van der Waals surface area contributed by atoms with Crippen molar-refractivity contribution in [3.8, 4) is 0 Å². The fourth-order valence-corrected chi connectivity index (χ4v) is 0.860. The highest BCUT2D eigenvalue weighted by Gasteiger charge is 1.87. The van der Waals surface area contributed by atoms with Gasteiger partial charge in [0.1, 0.15) is 0 Å². The van der Waals surface area contributed by atoms with Crippen LogP contribution < -0.4 is 23.0 Å². The molecule has 0 radical (unpaired) electrons. The molecule has 0 bridgehead atoms. The van der Waals surface area contributed by atoms with Gasteiger partial charge in [0.2, 0.25) is 0 Å². The standard InChI is InChI=1S/C5H14N2O.C4H12N2O.C3H10N2O.6ClH/c1-7(2)4-3-5-8-6;1-6(2)3-4-7-5;1-5-2-3-6-4;;;;;;/h3-6H2,1-2H3;3-5H2,1-2H3;5H,2-4H2,1H3;6*1H. The van der Waals surface area contributed by atoms with E-state index in [-0.39, 0.29) is 74.4 Å². The predicted octanol–water partition coefficient (Wildman–Crippen LogP) is 0.894. The summed E-state index contributed by atoms with van der Waals surface area (Å²) in [5.74, 6) is 14.2. The maximum Gasteiger partial charge on any atom is 0.0806 e. The number of rotatable bonds is 10. The van der Waals surface area contributed by atoms with Gasteiger partial charge in [0, 0.05) is 13.1 Å². The minimum absolute atomic E-state index is 0. The molecule has 0 amide bonds. The molecule has 0 saturated carbocycles. The molecule has 0 unspecified atom stereocenters. The number of nitrogens with two attached hydrogens (primary N) is 3. The second-order valence-electron chi connectivity index (χ2n) is 4.68. The maximum atomic E-state index is 4.80. The molecule has 0 aliphatic rings. The average Bonchev–Trinajstić information content (AvgIpc) is 2.44. The van der Waals surface area contributed by atoms with Crippen molar-refractivity contribution in [2.45, 2.75) is 6.42 Å². The van der Waals surface area contributed by atoms with Crippen LogP contribution in [0.25, 0.3) is 0 Å². The highest BCUT2D eigenvalue weighted by molar-refractivity contribution is 5.86. The molecule has 0 aromatic rings. The van der Waals surface area contributed by atoms with Crippen LogP contribution in [0.3, 0.4) is 0 Å². The fraction of sp³-hybridized carbons (Fsp3) is 1.00. The van der Waals surface area contributed by atoms with Gasteiger partial charge in [-0.3, -0.25) is 0 Å². The first-order chi connectivity index (χ1) is 9.95. The van der Waals surface area contributed by atoms with E-state index in [9.17, 15) is 0 Å². The summed E-state index contributed by atoms with van der Waals surface area (Å²) in [6.45, 7) is 4.58. The molecule has 0 rings (SSSR count). The fourth-order valence-electron chi connectivity index (χ4n) is 0.860. The Labute approximate surface area is 202 Å². The van der Waals surface area contributed by atoms with Crippen molar-refractivity contribution in [1.82, 2.24) is 15.1 Å². The van der Waals surface area contributed by atoms with E-state index >= 15 is 0 Å². The predicted molar refractivity (Wildman–Crippen MR) is 130 cm³/mol. The van der Waals surface area contributed by atoms with Crippen LogP contribution in [0.5, 0.6) is 0 Å². The molecule has 0 atom stereocenters. The first-order valence-corrected chi connectivity index (χ1v) is 6.85. The van der Waals surface area contributed by atoms with Crippen LogP contribution in [0.2, 0.25) is 0 Å². The molecule has 0 heterocycles. The third kappa shape index (κ3) is 98.5. The van der Waals surface area contributed by atoms with Crippen LogP contribution in [0.1, 0.15) is 6.42 Å². The molecule has 7 N–H and O–H groups in total. The minimum atomic E-state index is 0. The van der Waals surface area contributed by atoms with Gasteiger partial charge in [0.15, 0.2) is 0 Å². The van der Waals surface area contributed by atoms with E-state index in [0.29, 0.717) is 19.8 Å². The molecule has 0 spiro atoms. The summed E-state index contributed by atoms with van der Waals surface area (Å²) in [5, 5.41) is 2.86. The van der Waals surface area contributed by atoms with Crippen LogP contribution in [0.15, 0.2) is 0 Å². The Balaban J connectivity index is -0.0000000233. The first kappa shape index (κ1) is 56.6. The Hall–Kier alpha value is 1.38. The van der Waals surface area contributed by atoms with Gasteiger partial charge < -0.3 is 29.6 Å². The first-order valence-electron chi connectivity index (χ1n) is 6.85. The lowest BCUT2D eigenvalue weighted by molar-refractivity contribution is 0.120. The Morgan fingerprint density at radius 1 is 0.630 bits per heavy atom. The van der Waals surface area contributed by atoms with Crippen LogP contribution >= 0.6 is 74.4 Å². The van der Waals surface area contributed by atoms with Crippen molar-refractivity contribution < 1.29 is 14.5 Å². The molecule has 0 aliphatic heterocycles. The van der Waals surface area contributed by atoms with Gasteiger partial charge in [-0.25, -0.2) is 17.7 Å². The second-order valence-corrected chi connectivity index (χ2v) is 4.68. The van der Waals surface area contributed by atoms with Crippen molar-refractivity contribution in [1.29, 1.82) is 0 Å². The summed E-state index contributed by atoms with van der Waals surface area (Å²) in [4.78, 5) is 17.0. The van der Waals surface area contributed by atoms with E-state index < -0.39 is 0 Å². The van der Waals surface area contributed by atoms with E-state index in [2.05, 4.69) is 30.6 Å². The van der Waals surface area contributed by atoms with Gasteiger partial charge in [-0.05, 0) is 48.2 Å². The number of nitrogens with zero attached hydrogens (tertiary/aromatic N) is 2. The molecular formula is C12H42Cl6N6O3. The zero-order chi connectivity index (χ0) is 16.9. The molecule has 0 aromatic heterocycles. The summed E-state index contributed by atoms with van der Waals surface area (Å²) in [7, 11) is 9.84. The molecule has 0 aromatic carbocycles. The van der Waals surface area contributed by atoms with Crippen molar-refractivity contribution in [3.05, 3.63) is 0 Å². The molecule has 27 heavy (non-hydrogen) atoms. The number of halogens is 6. The lowest BCUT2D eigenvalue weighted by Gasteiger charge is -2.06. The van der Waals surface area contributed by atoms with Crippen molar-refractivity contribution in [3.63, 3.8) is 0 Å². The Bertz CT molecular complexity index is 181. The van der Waals surface area contributed by atoms with Crippen LogP contribution in [-0.4, -0.2) is 84.5 Å². The minimum Gasteiger partial charge on any atom is -0.317 e. The Morgan fingerprint density at radius 3 is 1.19 bits per heavy atom. The number of likely N-dealkylation sites (N-methyl/N-ethyl adjacent to an activating group) is 2. The smallest absolute Gasteiger partial charge is 0.0806 e. The van der Waals surface area contributed by atoms with Crippen LogP contribution in [0.4, 0.5) is 0 Å². The average molecular weight is 531 g/mol. The lowest BCUT2D eigenvalue weighted by Crippen LogP contribution is -2.19. The highest BCUT2D eigenvalue weighted by Crippen LogP contribution is 1.80. The summed E-state index contributed by atoms with van der Waals surface area (Å²) in [5.41, 5.74) is 0. The summed E-state index contributed by atoms with van der Waals surface area (Å²) in [6.07, 6.45) is 1.00. The lowest BCUT2D eigenvalue weighted by atomic mass is 10.4. The van der Waals surface area contributed by atoms with E-state index in [4.69, 9.17) is 11.8 Å². The third-order valence-corrected chi connectivity index (χ3v) is 1.99. The molecule has 15 heteroatoms. The van der Waals surface area contributed by atoms with Gasteiger partial charge >= 0.3 is 0 Å². The largest absolute Gasteiger partial charge is 0.317 e. The van der Waals surface area contributed by atoms with E-state index in [0.717, 1.165) is 26.1 Å². The maximum absolute atomic E-state index is 4.80. The van der Waals surface area contributed by atoms with Gasteiger partial charge in [-0.2, -0.15) is 0 Å². The Morgan fingerprint density at radius 2 is 1.00 bits per heavy atom. The normalized spacial score (nSPS) is 7.78. The molecule has 9 nitrogen and oxygen atoms in total. The number of nitrogens with one attached hydrogen (secondary N) is 1. The molecule has 0 aliphatic carbocycles. The zero-order valence-electron chi connectivity index (χ0n) is 16.8. The van der Waals surface area contributed by atoms with Gasteiger partial charge in [0.25, 0.3) is 0 Å². The second kappa shape index (κ2) is 56.4. The zero-order valence-corrected chi connectivity index (χ0v) is 21.6. The van der Waals surface area contributed by atoms with Gasteiger partial charge in [-0.15, -0.1) is 74.4 Å². The quantitative estimate of drug-likeness (QED) is 0.241. The van der Waals surface area contributed by atoms with Crippen LogP contribution in [0, 0.1) is 0 Å². The third-order valence-electron chi connectivity index (χ3n) is 1.99. The van der Waals surface area contributed by atoms with Crippen molar-refractivity contribution in [2.75, 3.05) is 74.7 Å². The van der Waals surface area contributed by atoms with Crippen molar-refractivity contribution in [2.24, 2.45) is 17.7 Å². The summed E-state index contributed by atoms with van der Waals surface area (Å²) >= 11 is 0. The SMILES string of the molecule is CN(C)CCCON.CN(C)CCON.CNCCON.Cl.Cl.Cl.Cl.Cl.Cl. The van der Waals surface area contributed by atoms with Gasteiger partial charge in [-0.1, -0.05) is 0 Å². The molecule has 0 saturated heterocycles. The summed E-state index contributed by atoms with van der Waals surface area (Å²) in [6, 6.07) is 0.